The molecule has 1 aliphatic carbocycles. The molecule has 2 aromatic carbocycles. The fourth-order valence-corrected chi connectivity index (χ4v) is 11.1. The fraction of sp³-hybridized carbons (Fsp3) is 0.478. The topological polar surface area (TPSA) is 139 Å². The smallest absolute Gasteiger partial charge is 0.262 e. The Morgan fingerprint density at radius 3 is 2.23 bits per heavy atom. The van der Waals surface area contributed by atoms with Crippen molar-refractivity contribution in [3.8, 4) is 0 Å². The Kier molecular flexibility index (Phi) is 9.90. The SMILES string of the molecule is C[C@@H]1Cc2c([nH]c3ccccc23)C(c2ccc(C3CCC(C(=O)N4CCC(N5Cc6cc7c(cc6C5)C(=O)N(C5CCC(=O)NC5=O)C7=O)CC4)CC3)cn2)N1CC(F)F. The molecule has 2 unspecified atom stereocenters. The third kappa shape index (κ3) is 6.72. The molecule has 2 N–H and O–H groups in total. The van der Waals surface area contributed by atoms with E-state index in [1.165, 1.54) is 5.56 Å². The number of aromatic nitrogens is 2. The number of aromatic amines is 1. The monoisotopic (exact) mass is 817 g/mol. The number of hydrogen-bond donors (Lipinski definition) is 2. The fourth-order valence-electron chi connectivity index (χ4n) is 11.1. The van der Waals surface area contributed by atoms with Gasteiger partial charge < -0.3 is 9.88 Å². The van der Waals surface area contributed by atoms with Gasteiger partial charge in [-0.25, -0.2) is 8.78 Å². The van der Waals surface area contributed by atoms with Gasteiger partial charge >= 0.3 is 0 Å². The van der Waals surface area contributed by atoms with Gasteiger partial charge in [-0.15, -0.1) is 0 Å². The van der Waals surface area contributed by atoms with Crippen LogP contribution in [-0.2, 0) is 33.9 Å². The summed E-state index contributed by atoms with van der Waals surface area (Å²) in [7, 11) is 0. The normalized spacial score (nSPS) is 26.5. The van der Waals surface area contributed by atoms with Crippen molar-refractivity contribution in [1.82, 2.24) is 34.9 Å². The highest BCUT2D eigenvalue weighted by molar-refractivity contribution is 6.23. The minimum atomic E-state index is -2.46. The first-order valence-corrected chi connectivity index (χ1v) is 21.5. The van der Waals surface area contributed by atoms with Crippen LogP contribution in [0.2, 0.25) is 0 Å². The van der Waals surface area contributed by atoms with Gasteiger partial charge in [-0.05, 0) is 111 Å². The van der Waals surface area contributed by atoms with E-state index in [-0.39, 0.29) is 49.2 Å². The number of carbonyl (C=O) groups excluding carboxylic acids is 5. The van der Waals surface area contributed by atoms with Gasteiger partial charge in [-0.1, -0.05) is 24.3 Å². The van der Waals surface area contributed by atoms with Crippen molar-refractivity contribution in [2.24, 2.45) is 5.92 Å². The maximum atomic E-state index is 13.9. The second kappa shape index (κ2) is 15.3. The van der Waals surface area contributed by atoms with Crippen LogP contribution in [0.1, 0.15) is 125 Å². The molecule has 60 heavy (non-hydrogen) atoms. The van der Waals surface area contributed by atoms with Gasteiger partial charge in [-0.3, -0.25) is 49.0 Å². The van der Waals surface area contributed by atoms with Crippen molar-refractivity contribution in [2.75, 3.05) is 19.6 Å². The number of nitrogens with one attached hydrogen (secondary N) is 2. The maximum absolute atomic E-state index is 13.9. The summed E-state index contributed by atoms with van der Waals surface area (Å²) in [6.45, 7) is 4.38. The van der Waals surface area contributed by atoms with Crippen molar-refractivity contribution >= 4 is 40.4 Å². The van der Waals surface area contributed by atoms with E-state index < -0.39 is 42.1 Å². The second-order valence-corrected chi connectivity index (χ2v) is 17.7. The summed E-state index contributed by atoms with van der Waals surface area (Å²) in [6, 6.07) is 14.7. The summed E-state index contributed by atoms with van der Waals surface area (Å²) in [5.74, 6) is -1.48. The van der Waals surface area contributed by atoms with Crippen LogP contribution < -0.4 is 5.32 Å². The van der Waals surface area contributed by atoms with Crippen LogP contribution in [0.4, 0.5) is 8.78 Å². The highest BCUT2D eigenvalue weighted by atomic mass is 19.3. The Labute approximate surface area is 346 Å². The number of imide groups is 2. The zero-order valence-corrected chi connectivity index (χ0v) is 33.7. The standard InChI is InChI=1S/C46H49F2N7O5/c1-25-18-33-32-4-2-3-5-36(32)50-41(33)42(54(25)24-39(47)48)37-11-10-28(21-49-37)26-6-8-27(9-7-26)44(58)52-16-14-31(15-17-52)53-22-29-19-34-35(20-30(29)23-53)46(60)55(45(34)59)38-12-13-40(56)51-43(38)57/h2-5,10-11,19-21,25-27,31,38-39,42,50H,6-9,12-18,22-24H2,1H3,(H,51,56,57)/t25-,26?,27?,38?,42?/m1/s1. The second-order valence-electron chi connectivity index (χ2n) is 17.7. The van der Waals surface area contributed by atoms with Gasteiger partial charge in [-0.2, -0.15) is 0 Å². The van der Waals surface area contributed by atoms with E-state index in [1.54, 1.807) is 12.1 Å². The molecular formula is C46H49F2N7O5. The average Bonchev–Trinajstić information content (AvgIpc) is 3.91. The van der Waals surface area contributed by atoms with Crippen LogP contribution in [0.25, 0.3) is 10.9 Å². The molecule has 0 spiro atoms. The number of benzene rings is 2. The first-order chi connectivity index (χ1) is 29.0. The van der Waals surface area contributed by atoms with Crippen molar-refractivity contribution in [1.29, 1.82) is 0 Å². The zero-order chi connectivity index (χ0) is 41.4. The number of carbonyl (C=O) groups is 5. The molecule has 312 valence electrons. The zero-order valence-electron chi connectivity index (χ0n) is 33.7. The van der Waals surface area contributed by atoms with E-state index in [1.807, 2.05) is 47.2 Å². The van der Waals surface area contributed by atoms with Crippen molar-refractivity contribution in [3.05, 3.63) is 99.5 Å². The lowest BCUT2D eigenvalue weighted by atomic mass is 9.78. The number of amides is 5. The number of likely N-dealkylation sites (tertiary alicyclic amines) is 1. The first-order valence-electron chi connectivity index (χ1n) is 21.5. The molecule has 6 aliphatic rings. The number of fused-ring (bicyclic) bond motifs is 5. The molecule has 7 heterocycles. The molecule has 2 saturated heterocycles. The Hall–Kier alpha value is -5.34. The third-order valence-corrected chi connectivity index (χ3v) is 14.3. The number of alkyl halides is 2. The minimum Gasteiger partial charge on any atom is -0.357 e. The van der Waals surface area contributed by atoms with Crippen LogP contribution >= 0.6 is 0 Å². The Morgan fingerprint density at radius 1 is 0.883 bits per heavy atom. The van der Waals surface area contributed by atoms with Gasteiger partial charge in [0.25, 0.3) is 18.2 Å². The number of pyridine rings is 1. The molecule has 14 heteroatoms. The van der Waals surface area contributed by atoms with Gasteiger partial charge in [0, 0.05) is 73.4 Å². The Morgan fingerprint density at radius 2 is 1.58 bits per heavy atom. The van der Waals surface area contributed by atoms with E-state index in [0.29, 0.717) is 43.7 Å². The highest BCUT2D eigenvalue weighted by Gasteiger charge is 2.46. The lowest BCUT2D eigenvalue weighted by Crippen LogP contribution is -2.54. The van der Waals surface area contributed by atoms with E-state index in [2.05, 4.69) is 27.3 Å². The molecule has 3 atom stereocenters. The summed E-state index contributed by atoms with van der Waals surface area (Å²) < 4.78 is 27.8. The molecular weight excluding hydrogens is 769 g/mol. The van der Waals surface area contributed by atoms with Gasteiger partial charge in [0.1, 0.15) is 6.04 Å². The summed E-state index contributed by atoms with van der Waals surface area (Å²) in [4.78, 5) is 80.5. The maximum Gasteiger partial charge on any atom is 0.262 e. The summed E-state index contributed by atoms with van der Waals surface area (Å²) >= 11 is 0. The number of piperidine rings is 2. The molecule has 1 saturated carbocycles. The number of nitrogens with zero attached hydrogens (tertiary/aromatic N) is 5. The van der Waals surface area contributed by atoms with Gasteiger partial charge in [0.2, 0.25) is 17.7 Å². The number of H-pyrrole nitrogens is 1. The number of para-hydroxylation sites is 1. The van der Waals surface area contributed by atoms with Crippen LogP contribution in [0.5, 0.6) is 0 Å². The molecule has 5 aliphatic heterocycles. The lowest BCUT2D eigenvalue weighted by molar-refractivity contribution is -0.138. The van der Waals surface area contributed by atoms with E-state index >= 15 is 0 Å². The largest absolute Gasteiger partial charge is 0.357 e. The lowest BCUT2D eigenvalue weighted by Gasteiger charge is -2.40. The van der Waals surface area contributed by atoms with Crippen molar-refractivity contribution < 1.29 is 32.8 Å². The molecule has 12 nitrogen and oxygen atoms in total. The first kappa shape index (κ1) is 38.8. The molecule has 0 radical (unpaired) electrons. The van der Waals surface area contributed by atoms with Crippen LogP contribution in [0.3, 0.4) is 0 Å². The molecule has 2 aromatic heterocycles. The van der Waals surface area contributed by atoms with Crippen molar-refractivity contribution in [2.45, 2.75) is 114 Å². The highest BCUT2D eigenvalue weighted by Crippen LogP contribution is 2.42. The number of halogens is 2. The predicted octanol–water partition coefficient (Wildman–Crippen LogP) is 5.85. The summed E-state index contributed by atoms with van der Waals surface area (Å²) in [5, 5.41) is 3.38. The minimum absolute atomic E-state index is 0.00895. The average molecular weight is 818 g/mol. The Bertz CT molecular complexity index is 2360. The van der Waals surface area contributed by atoms with E-state index in [4.69, 9.17) is 4.98 Å². The van der Waals surface area contributed by atoms with Crippen molar-refractivity contribution in [3.63, 3.8) is 0 Å². The molecule has 0 bridgehead atoms. The predicted molar refractivity (Wildman–Crippen MR) is 217 cm³/mol. The summed E-state index contributed by atoms with van der Waals surface area (Å²) in [5.41, 5.74) is 7.65. The number of hydrogen-bond acceptors (Lipinski definition) is 8. The molecule has 3 fully saturated rings. The molecule has 10 rings (SSSR count). The van der Waals surface area contributed by atoms with Gasteiger partial charge in [0.05, 0.1) is 29.4 Å². The third-order valence-electron chi connectivity index (χ3n) is 14.3. The van der Waals surface area contributed by atoms with E-state index in [0.717, 1.165) is 82.4 Å². The molecule has 5 amide bonds. The number of rotatable bonds is 7. The van der Waals surface area contributed by atoms with Crippen LogP contribution in [0.15, 0.2) is 54.7 Å². The summed E-state index contributed by atoms with van der Waals surface area (Å²) in [6.07, 6.45) is 5.49. The quantitative estimate of drug-likeness (QED) is 0.222. The molecule has 4 aromatic rings. The van der Waals surface area contributed by atoms with E-state index in [9.17, 15) is 32.8 Å². The Balaban J connectivity index is 0.735. The van der Waals surface area contributed by atoms with Gasteiger partial charge in [0.15, 0.2) is 0 Å². The van der Waals surface area contributed by atoms with Crippen LogP contribution in [-0.4, -0.2) is 103 Å². The van der Waals surface area contributed by atoms with Crippen LogP contribution in [0, 0.1) is 5.92 Å².